The molecule has 1 unspecified atom stereocenters. The lowest BCUT2D eigenvalue weighted by molar-refractivity contribution is -0.159. The van der Waals surface area contributed by atoms with Gasteiger partial charge in [-0.2, -0.15) is 0 Å². The fourth-order valence-electron chi connectivity index (χ4n) is 1.45. The molecule has 5 nitrogen and oxygen atoms in total. The number of rotatable bonds is 9. The highest BCUT2D eigenvalue weighted by Crippen LogP contribution is 2.07. The van der Waals surface area contributed by atoms with Crippen LogP contribution < -0.4 is 5.32 Å². The molecule has 0 aliphatic carbocycles. The van der Waals surface area contributed by atoms with Crippen LogP contribution in [0.1, 0.15) is 32.1 Å². The van der Waals surface area contributed by atoms with E-state index in [-0.39, 0.29) is 12.5 Å². The molecule has 0 radical (unpaired) electrons. The zero-order valence-corrected chi connectivity index (χ0v) is 13.6. The van der Waals surface area contributed by atoms with Crippen LogP contribution in [-0.2, 0) is 25.6 Å². The predicted octanol–water partition coefficient (Wildman–Crippen LogP) is 2.36. The summed E-state index contributed by atoms with van der Waals surface area (Å²) in [5, 5.41) is 4.63. The lowest BCUT2D eigenvalue weighted by Gasteiger charge is -2.13. The quantitative estimate of drug-likeness (QED) is 0.711. The van der Waals surface area contributed by atoms with Crippen molar-refractivity contribution in [1.29, 1.82) is 0 Å². The zero-order valence-electron chi connectivity index (χ0n) is 12.8. The van der Waals surface area contributed by atoms with Crippen molar-refractivity contribution in [3.05, 3.63) is 22.4 Å². The zero-order chi connectivity index (χ0) is 15.7. The van der Waals surface area contributed by atoms with E-state index in [4.69, 9.17) is 9.47 Å². The van der Waals surface area contributed by atoms with Gasteiger partial charge in [-0.15, -0.1) is 11.3 Å². The van der Waals surface area contributed by atoms with E-state index in [0.29, 0.717) is 19.1 Å². The average molecular weight is 313 g/mol. The third-order valence-corrected chi connectivity index (χ3v) is 3.66. The molecule has 1 heterocycles. The van der Waals surface area contributed by atoms with Crippen LogP contribution in [0.25, 0.3) is 0 Å². The van der Waals surface area contributed by atoms with Crippen LogP contribution in [0.2, 0.25) is 0 Å². The molecule has 1 aromatic heterocycles. The topological polar surface area (TPSA) is 64.6 Å². The number of hydrogen-bond acceptors (Lipinski definition) is 5. The predicted molar refractivity (Wildman–Crippen MR) is 82.0 cm³/mol. The Hall–Kier alpha value is -1.40. The highest BCUT2D eigenvalue weighted by molar-refractivity contribution is 7.09. The first-order valence-electron chi connectivity index (χ1n) is 7.06. The van der Waals surface area contributed by atoms with E-state index in [2.05, 4.69) is 19.2 Å². The maximum Gasteiger partial charge on any atom is 0.335 e. The van der Waals surface area contributed by atoms with E-state index < -0.39 is 12.1 Å². The number of hydrogen-bond donors (Lipinski definition) is 1. The minimum atomic E-state index is -0.645. The lowest BCUT2D eigenvalue weighted by atomic mass is 10.1. The smallest absolute Gasteiger partial charge is 0.335 e. The van der Waals surface area contributed by atoms with Crippen molar-refractivity contribution in [2.24, 2.45) is 5.92 Å². The molecule has 0 bridgehead atoms. The first-order chi connectivity index (χ1) is 9.99. The van der Waals surface area contributed by atoms with E-state index in [1.807, 2.05) is 17.5 Å². The van der Waals surface area contributed by atoms with Gasteiger partial charge in [-0.25, -0.2) is 4.79 Å². The van der Waals surface area contributed by atoms with Gasteiger partial charge in [0.05, 0.1) is 6.54 Å². The van der Waals surface area contributed by atoms with Gasteiger partial charge >= 0.3 is 5.97 Å². The van der Waals surface area contributed by atoms with Crippen molar-refractivity contribution in [3.63, 3.8) is 0 Å². The van der Waals surface area contributed by atoms with Crippen LogP contribution in [0.3, 0.4) is 0 Å². The SMILES string of the molecule is CC(C)CCOC(C)C(=O)OCC(=O)NCc1cccs1. The number of ether oxygens (including phenoxy) is 2. The number of esters is 1. The molecule has 0 saturated heterocycles. The number of thiophene rings is 1. The summed E-state index contributed by atoms with van der Waals surface area (Å²) in [6.45, 7) is 6.50. The molecule has 0 spiro atoms. The van der Waals surface area contributed by atoms with Gasteiger partial charge in [-0.1, -0.05) is 19.9 Å². The summed E-state index contributed by atoms with van der Waals surface area (Å²) in [6.07, 6.45) is 0.243. The second-order valence-corrected chi connectivity index (χ2v) is 6.19. The van der Waals surface area contributed by atoms with Gasteiger partial charge in [-0.05, 0) is 30.7 Å². The molecule has 0 fully saturated rings. The summed E-state index contributed by atoms with van der Waals surface area (Å²) in [7, 11) is 0. The van der Waals surface area contributed by atoms with Crippen LogP contribution >= 0.6 is 11.3 Å². The minimum absolute atomic E-state index is 0.276. The molecule has 0 aromatic carbocycles. The summed E-state index contributed by atoms with van der Waals surface area (Å²) in [5.41, 5.74) is 0. The van der Waals surface area contributed by atoms with E-state index in [1.165, 1.54) is 0 Å². The molecule has 1 atom stereocenters. The van der Waals surface area contributed by atoms with Crippen LogP contribution in [0.5, 0.6) is 0 Å². The highest BCUT2D eigenvalue weighted by atomic mass is 32.1. The Bertz CT molecular complexity index is 431. The van der Waals surface area contributed by atoms with Crippen molar-refractivity contribution in [2.75, 3.05) is 13.2 Å². The molecule has 1 amide bonds. The van der Waals surface area contributed by atoms with Crippen molar-refractivity contribution in [1.82, 2.24) is 5.32 Å². The maximum absolute atomic E-state index is 11.6. The minimum Gasteiger partial charge on any atom is -0.454 e. The highest BCUT2D eigenvalue weighted by Gasteiger charge is 2.16. The summed E-state index contributed by atoms with van der Waals surface area (Å²) in [6, 6.07) is 3.85. The fourth-order valence-corrected chi connectivity index (χ4v) is 2.10. The molecule has 6 heteroatoms. The van der Waals surface area contributed by atoms with Gasteiger partial charge in [0, 0.05) is 11.5 Å². The van der Waals surface area contributed by atoms with Gasteiger partial charge in [0.15, 0.2) is 12.7 Å². The standard InChI is InChI=1S/C15H23NO4S/c1-11(2)6-7-19-12(3)15(18)20-10-14(17)16-9-13-5-4-8-21-13/h4-5,8,11-12H,6-7,9-10H2,1-3H3,(H,16,17). The van der Waals surface area contributed by atoms with Crippen molar-refractivity contribution in [3.8, 4) is 0 Å². The first-order valence-corrected chi connectivity index (χ1v) is 7.94. The number of amides is 1. The third kappa shape index (κ3) is 7.82. The summed E-state index contributed by atoms with van der Waals surface area (Å²) in [5.74, 6) is -0.299. The Kier molecular flexibility index (Phi) is 8.00. The third-order valence-electron chi connectivity index (χ3n) is 2.78. The van der Waals surface area contributed by atoms with Gasteiger partial charge in [0.2, 0.25) is 0 Å². The van der Waals surface area contributed by atoms with Gasteiger partial charge in [-0.3, -0.25) is 4.79 Å². The van der Waals surface area contributed by atoms with Crippen molar-refractivity contribution >= 4 is 23.2 Å². The maximum atomic E-state index is 11.6. The van der Waals surface area contributed by atoms with Crippen LogP contribution in [0.4, 0.5) is 0 Å². The van der Waals surface area contributed by atoms with E-state index >= 15 is 0 Å². The molecule has 0 aliphatic heterocycles. The Morgan fingerprint density at radius 2 is 2.10 bits per heavy atom. The molecular weight excluding hydrogens is 290 g/mol. The molecular formula is C15H23NO4S. The van der Waals surface area contributed by atoms with Crippen molar-refractivity contribution < 1.29 is 19.1 Å². The number of nitrogens with one attached hydrogen (secondary N) is 1. The van der Waals surface area contributed by atoms with Crippen molar-refractivity contribution in [2.45, 2.75) is 39.8 Å². The van der Waals surface area contributed by atoms with E-state index in [9.17, 15) is 9.59 Å². The van der Waals surface area contributed by atoms with Gasteiger partial charge in [0.1, 0.15) is 0 Å². The van der Waals surface area contributed by atoms with Gasteiger partial charge in [0.25, 0.3) is 5.91 Å². The summed E-state index contributed by atoms with van der Waals surface area (Å²) >= 11 is 1.56. The van der Waals surface area contributed by atoms with Crippen LogP contribution in [0.15, 0.2) is 17.5 Å². The lowest BCUT2D eigenvalue weighted by Crippen LogP contribution is -2.31. The fraction of sp³-hybridized carbons (Fsp3) is 0.600. The summed E-state index contributed by atoms with van der Waals surface area (Å²) in [4.78, 5) is 24.2. The Morgan fingerprint density at radius 3 is 2.71 bits per heavy atom. The Labute approximate surface area is 129 Å². The monoisotopic (exact) mass is 313 g/mol. The number of carbonyl (C=O) groups excluding carboxylic acids is 2. The molecule has 21 heavy (non-hydrogen) atoms. The van der Waals surface area contributed by atoms with E-state index in [1.54, 1.807) is 18.3 Å². The molecule has 1 aromatic rings. The summed E-state index contributed by atoms with van der Waals surface area (Å²) < 4.78 is 10.3. The molecule has 1 N–H and O–H groups in total. The largest absolute Gasteiger partial charge is 0.454 e. The Morgan fingerprint density at radius 1 is 1.33 bits per heavy atom. The van der Waals surface area contributed by atoms with Crippen LogP contribution in [0, 0.1) is 5.92 Å². The first kappa shape index (κ1) is 17.7. The molecule has 118 valence electrons. The molecule has 0 saturated carbocycles. The number of carbonyl (C=O) groups is 2. The molecule has 1 rings (SSSR count). The van der Waals surface area contributed by atoms with Gasteiger partial charge < -0.3 is 14.8 Å². The Balaban J connectivity index is 2.14. The second kappa shape index (κ2) is 9.52. The second-order valence-electron chi connectivity index (χ2n) is 5.16. The average Bonchev–Trinajstić information content (AvgIpc) is 2.95. The van der Waals surface area contributed by atoms with E-state index in [0.717, 1.165) is 11.3 Å². The normalized spacial score (nSPS) is 12.2. The molecule has 0 aliphatic rings. The van der Waals surface area contributed by atoms with Crippen LogP contribution in [-0.4, -0.2) is 31.2 Å².